The van der Waals surface area contributed by atoms with Gasteiger partial charge < -0.3 is 10.1 Å². The lowest BCUT2D eigenvalue weighted by atomic mass is 10.1. The van der Waals surface area contributed by atoms with Crippen LogP contribution in [0.25, 0.3) is 0 Å². The predicted molar refractivity (Wildman–Crippen MR) is 88.3 cm³/mol. The molecular weight excluding hydrogens is 314 g/mol. The summed E-state index contributed by atoms with van der Waals surface area (Å²) in [5.41, 5.74) is 0.622. The Bertz CT molecular complexity index is 577. The zero-order chi connectivity index (χ0) is 17.9. The molecule has 0 aromatic heterocycles. The number of methoxy groups -OCH3 is 1. The monoisotopic (exact) mass is 337 g/mol. The summed E-state index contributed by atoms with van der Waals surface area (Å²) < 4.78 is 4.52. The molecule has 1 aromatic rings. The van der Waals surface area contributed by atoms with Crippen LogP contribution in [0.1, 0.15) is 25.3 Å². The van der Waals surface area contributed by atoms with Crippen LogP contribution in [0.4, 0.5) is 5.69 Å². The molecule has 8 heteroatoms. The third-order valence-electron chi connectivity index (χ3n) is 3.50. The van der Waals surface area contributed by atoms with Crippen molar-refractivity contribution < 1.29 is 19.2 Å². The Kier molecular flexibility index (Phi) is 8.42. The smallest absolute Gasteiger partial charge is 0.305 e. The predicted octanol–water partition coefficient (Wildman–Crippen LogP) is 1.49. The first-order valence-electron chi connectivity index (χ1n) is 7.76. The highest BCUT2D eigenvalue weighted by atomic mass is 16.6. The van der Waals surface area contributed by atoms with Crippen LogP contribution < -0.4 is 5.32 Å². The summed E-state index contributed by atoms with van der Waals surface area (Å²) in [6, 6.07) is 6.50. The Morgan fingerprint density at radius 3 is 2.67 bits per heavy atom. The Balaban J connectivity index is 2.48. The average molecular weight is 337 g/mol. The second-order valence-corrected chi connectivity index (χ2v) is 5.22. The number of carbonyl (C=O) groups excluding carboxylic acids is 2. The number of esters is 1. The van der Waals surface area contributed by atoms with Gasteiger partial charge in [-0.15, -0.1) is 0 Å². The number of amides is 1. The van der Waals surface area contributed by atoms with Crippen LogP contribution in [-0.2, 0) is 20.9 Å². The van der Waals surface area contributed by atoms with E-state index in [0.29, 0.717) is 31.6 Å². The fourth-order valence-corrected chi connectivity index (χ4v) is 2.16. The van der Waals surface area contributed by atoms with E-state index in [0.717, 1.165) is 0 Å². The minimum Gasteiger partial charge on any atom is -0.469 e. The molecule has 0 fully saturated rings. The van der Waals surface area contributed by atoms with E-state index in [4.69, 9.17) is 0 Å². The summed E-state index contributed by atoms with van der Waals surface area (Å²) in [4.78, 5) is 35.3. The van der Waals surface area contributed by atoms with Gasteiger partial charge in [0.15, 0.2) is 0 Å². The largest absolute Gasteiger partial charge is 0.469 e. The molecule has 0 saturated carbocycles. The Hall–Kier alpha value is -2.48. The summed E-state index contributed by atoms with van der Waals surface area (Å²) in [5.74, 6) is -0.490. The number of likely N-dealkylation sites (N-methyl/N-ethyl adjacent to an activating group) is 1. The minimum atomic E-state index is -0.421. The van der Waals surface area contributed by atoms with Crippen LogP contribution in [0.5, 0.6) is 0 Å². The van der Waals surface area contributed by atoms with Crippen molar-refractivity contribution in [1.29, 1.82) is 0 Å². The van der Waals surface area contributed by atoms with E-state index in [9.17, 15) is 19.7 Å². The Morgan fingerprint density at radius 1 is 1.33 bits per heavy atom. The van der Waals surface area contributed by atoms with Crippen LogP contribution in [0.15, 0.2) is 24.3 Å². The first-order valence-corrected chi connectivity index (χ1v) is 7.76. The van der Waals surface area contributed by atoms with Crippen LogP contribution in [0, 0.1) is 10.1 Å². The van der Waals surface area contributed by atoms with E-state index in [2.05, 4.69) is 10.1 Å². The van der Waals surface area contributed by atoms with Crippen LogP contribution in [-0.4, -0.2) is 48.4 Å². The molecule has 1 aromatic carbocycles. The van der Waals surface area contributed by atoms with E-state index < -0.39 is 4.92 Å². The highest BCUT2D eigenvalue weighted by Crippen LogP contribution is 2.19. The summed E-state index contributed by atoms with van der Waals surface area (Å²) in [6.07, 6.45) is 0.763. The van der Waals surface area contributed by atoms with Gasteiger partial charge in [-0.3, -0.25) is 24.6 Å². The zero-order valence-electron chi connectivity index (χ0n) is 14.0. The second kappa shape index (κ2) is 10.3. The maximum atomic E-state index is 11.9. The van der Waals surface area contributed by atoms with E-state index in [1.54, 1.807) is 18.2 Å². The number of benzene rings is 1. The molecule has 24 heavy (non-hydrogen) atoms. The highest BCUT2D eigenvalue weighted by Gasteiger charge is 2.16. The van der Waals surface area contributed by atoms with Crippen molar-refractivity contribution in [3.63, 3.8) is 0 Å². The number of nitrogens with one attached hydrogen (secondary N) is 1. The number of ether oxygens (including phenoxy) is 1. The lowest BCUT2D eigenvalue weighted by Crippen LogP contribution is -2.37. The molecule has 0 radical (unpaired) electrons. The number of hydrogen-bond donors (Lipinski definition) is 1. The van der Waals surface area contributed by atoms with Gasteiger partial charge in [0.25, 0.3) is 5.69 Å². The van der Waals surface area contributed by atoms with Gasteiger partial charge in [0, 0.05) is 31.1 Å². The quantitative estimate of drug-likeness (QED) is 0.300. The van der Waals surface area contributed by atoms with Crippen LogP contribution in [0.3, 0.4) is 0 Å². The van der Waals surface area contributed by atoms with E-state index >= 15 is 0 Å². The highest BCUT2D eigenvalue weighted by molar-refractivity contribution is 5.78. The molecule has 0 aliphatic carbocycles. The number of nitro benzene ring substituents is 1. The van der Waals surface area contributed by atoms with E-state index in [1.165, 1.54) is 13.2 Å². The molecule has 0 unspecified atom stereocenters. The molecule has 0 saturated heterocycles. The van der Waals surface area contributed by atoms with Crippen molar-refractivity contribution in [1.82, 2.24) is 10.2 Å². The van der Waals surface area contributed by atoms with Gasteiger partial charge in [0.1, 0.15) is 0 Å². The first-order chi connectivity index (χ1) is 11.5. The standard InChI is InChI=1S/C16H23N3O5/c1-3-18(11-13-7-4-5-8-14(13)19(22)23)12-15(20)17-10-6-9-16(21)24-2/h4-5,7-8H,3,6,9-12H2,1-2H3,(H,17,20). The van der Waals surface area contributed by atoms with E-state index in [-0.39, 0.29) is 30.5 Å². The van der Waals surface area contributed by atoms with Crippen molar-refractivity contribution in [2.24, 2.45) is 0 Å². The number of para-hydroxylation sites is 1. The third-order valence-corrected chi connectivity index (χ3v) is 3.50. The summed E-state index contributed by atoms with van der Waals surface area (Å²) in [7, 11) is 1.32. The van der Waals surface area contributed by atoms with Crippen LogP contribution in [0.2, 0.25) is 0 Å². The van der Waals surface area contributed by atoms with Gasteiger partial charge in [0.05, 0.1) is 18.6 Å². The zero-order valence-corrected chi connectivity index (χ0v) is 14.0. The fourth-order valence-electron chi connectivity index (χ4n) is 2.16. The summed E-state index contributed by atoms with van der Waals surface area (Å²) in [5, 5.41) is 13.8. The van der Waals surface area contributed by atoms with Crippen molar-refractivity contribution in [3.8, 4) is 0 Å². The van der Waals surface area contributed by atoms with Crippen molar-refractivity contribution in [2.45, 2.75) is 26.3 Å². The molecule has 8 nitrogen and oxygen atoms in total. The summed E-state index contributed by atoms with van der Waals surface area (Å²) >= 11 is 0. The van der Waals surface area contributed by atoms with E-state index in [1.807, 2.05) is 11.8 Å². The van der Waals surface area contributed by atoms with Gasteiger partial charge in [-0.2, -0.15) is 0 Å². The molecular formula is C16H23N3O5. The van der Waals surface area contributed by atoms with Crippen molar-refractivity contribution in [3.05, 3.63) is 39.9 Å². The van der Waals surface area contributed by atoms with Gasteiger partial charge in [-0.25, -0.2) is 0 Å². The molecule has 1 N–H and O–H groups in total. The molecule has 0 heterocycles. The molecule has 0 bridgehead atoms. The lowest BCUT2D eigenvalue weighted by molar-refractivity contribution is -0.385. The molecule has 0 aliphatic heterocycles. The van der Waals surface area contributed by atoms with Gasteiger partial charge in [0.2, 0.25) is 5.91 Å². The fraction of sp³-hybridized carbons (Fsp3) is 0.500. The molecule has 0 atom stereocenters. The van der Waals surface area contributed by atoms with Crippen molar-refractivity contribution >= 4 is 17.6 Å². The SMILES string of the molecule is CCN(CC(=O)NCCCC(=O)OC)Cc1ccccc1[N+](=O)[O-]. The first kappa shape index (κ1) is 19.6. The van der Waals surface area contributed by atoms with Gasteiger partial charge >= 0.3 is 5.97 Å². The average Bonchev–Trinajstić information content (AvgIpc) is 2.58. The Morgan fingerprint density at radius 2 is 2.04 bits per heavy atom. The number of nitro groups is 1. The Labute approximate surface area is 140 Å². The molecule has 132 valence electrons. The molecule has 1 amide bonds. The molecule has 0 spiro atoms. The van der Waals surface area contributed by atoms with Gasteiger partial charge in [-0.05, 0) is 13.0 Å². The summed E-state index contributed by atoms with van der Waals surface area (Å²) in [6.45, 7) is 3.32. The maximum absolute atomic E-state index is 11.9. The topological polar surface area (TPSA) is 102 Å². The number of rotatable bonds is 10. The second-order valence-electron chi connectivity index (χ2n) is 5.22. The molecule has 1 rings (SSSR count). The number of nitrogens with zero attached hydrogens (tertiary/aromatic N) is 2. The molecule has 0 aliphatic rings. The third kappa shape index (κ3) is 6.74. The lowest BCUT2D eigenvalue weighted by Gasteiger charge is -2.19. The minimum absolute atomic E-state index is 0.0504. The van der Waals surface area contributed by atoms with Crippen LogP contribution >= 0.6 is 0 Å². The van der Waals surface area contributed by atoms with Crippen molar-refractivity contribution in [2.75, 3.05) is 26.7 Å². The van der Waals surface area contributed by atoms with Gasteiger partial charge in [-0.1, -0.05) is 25.1 Å². The normalized spacial score (nSPS) is 10.5. The maximum Gasteiger partial charge on any atom is 0.305 e. The number of carbonyl (C=O) groups is 2. The number of hydrogen-bond acceptors (Lipinski definition) is 6.